The minimum atomic E-state index is 1.10. The highest BCUT2D eigenvalue weighted by Crippen LogP contribution is 2.44. The predicted molar refractivity (Wildman–Crippen MR) is 249 cm³/mol. The van der Waals surface area contributed by atoms with E-state index < -0.39 is 0 Å². The van der Waals surface area contributed by atoms with Crippen molar-refractivity contribution < 1.29 is 0 Å². The van der Waals surface area contributed by atoms with Crippen LogP contribution in [0.5, 0.6) is 0 Å². The number of fused-ring (bicyclic) bond motifs is 6. The molecule has 9 aromatic carbocycles. The minimum Gasteiger partial charge on any atom is -0.310 e. The Morgan fingerprint density at radius 3 is 1.15 bits per heavy atom. The zero-order chi connectivity index (χ0) is 39.3. The van der Waals surface area contributed by atoms with Crippen molar-refractivity contribution in [2.45, 2.75) is 6.92 Å². The first-order chi connectivity index (χ1) is 29.2. The summed E-state index contributed by atoms with van der Waals surface area (Å²) < 4.78 is 4.74. The Hall–Kier alpha value is -7.82. The van der Waals surface area contributed by atoms with Gasteiger partial charge in [-0.25, -0.2) is 0 Å². The van der Waals surface area contributed by atoms with Crippen LogP contribution in [0.2, 0.25) is 0 Å². The number of hydrogen-bond acceptors (Lipinski definition) is 2. The smallest absolute Gasteiger partial charge is 0.0542 e. The van der Waals surface area contributed by atoms with Crippen molar-refractivity contribution in [1.82, 2.24) is 9.13 Å². The first kappa shape index (κ1) is 34.4. The summed E-state index contributed by atoms with van der Waals surface area (Å²) in [5.74, 6) is 0. The molecule has 0 aliphatic rings. The van der Waals surface area contributed by atoms with E-state index in [4.69, 9.17) is 0 Å². The molecule has 0 spiro atoms. The summed E-state index contributed by atoms with van der Waals surface area (Å²) in [5.41, 5.74) is 14.9. The van der Waals surface area contributed by atoms with Crippen LogP contribution >= 0.6 is 0 Å². The third-order valence-corrected chi connectivity index (χ3v) is 11.6. The summed E-state index contributed by atoms with van der Waals surface area (Å²) in [6.45, 7) is 2.23. The van der Waals surface area contributed by atoms with E-state index in [1.54, 1.807) is 0 Å². The standard InChI is InChI=1S/C55H40N4/c1-39-36-44(56(40-18-6-2-7-19-40)45-31-34-54-49(37-45)47-26-14-16-28-52(47)58(54)42-22-10-4-11-23-42)30-33-51(39)57(41-20-8-3-9-21-41)46-32-35-55-50(38-46)48-27-15-17-29-53(48)59(55)43-24-12-5-13-25-43/h2-38H,1H3. The maximum Gasteiger partial charge on any atom is 0.0542 e. The van der Waals surface area contributed by atoms with Crippen molar-refractivity contribution in [1.29, 1.82) is 0 Å². The number of nitrogens with zero attached hydrogens (tertiary/aromatic N) is 4. The van der Waals surface area contributed by atoms with Crippen LogP contribution in [0.4, 0.5) is 34.1 Å². The average Bonchev–Trinajstić information content (AvgIpc) is 3.81. The molecule has 0 aliphatic heterocycles. The van der Waals surface area contributed by atoms with E-state index in [2.05, 4.69) is 250 Å². The summed E-state index contributed by atoms with van der Waals surface area (Å²) >= 11 is 0. The molecule has 0 bridgehead atoms. The molecule has 0 amide bonds. The highest BCUT2D eigenvalue weighted by Gasteiger charge is 2.21. The quantitative estimate of drug-likeness (QED) is 0.153. The van der Waals surface area contributed by atoms with Crippen LogP contribution in [0.1, 0.15) is 5.56 Å². The molecule has 0 N–H and O–H groups in total. The molecule has 11 aromatic rings. The second-order valence-corrected chi connectivity index (χ2v) is 15.1. The van der Waals surface area contributed by atoms with Crippen LogP contribution in [0, 0.1) is 6.92 Å². The van der Waals surface area contributed by atoms with Gasteiger partial charge in [-0.15, -0.1) is 0 Å². The highest BCUT2D eigenvalue weighted by atomic mass is 15.2. The SMILES string of the molecule is Cc1cc(N(c2ccccc2)c2ccc3c(c2)c2ccccc2n3-c2ccccc2)ccc1N(c1ccccc1)c1ccc2c(c1)c1ccccc1n2-c1ccccc1. The molecule has 280 valence electrons. The molecule has 2 aromatic heterocycles. The molecule has 0 unspecified atom stereocenters. The third kappa shape index (κ3) is 5.84. The molecule has 2 heterocycles. The normalized spacial score (nSPS) is 11.5. The molecular formula is C55H40N4. The summed E-state index contributed by atoms with van der Waals surface area (Å²) in [7, 11) is 0. The van der Waals surface area contributed by atoms with Crippen LogP contribution in [0.15, 0.2) is 224 Å². The molecule has 0 fully saturated rings. The van der Waals surface area contributed by atoms with Crippen molar-refractivity contribution in [3.8, 4) is 11.4 Å². The zero-order valence-electron chi connectivity index (χ0n) is 32.7. The van der Waals surface area contributed by atoms with Crippen molar-refractivity contribution in [2.75, 3.05) is 9.80 Å². The van der Waals surface area contributed by atoms with E-state index in [1.165, 1.54) is 49.2 Å². The number of para-hydroxylation sites is 6. The molecular weight excluding hydrogens is 717 g/mol. The molecule has 59 heavy (non-hydrogen) atoms. The number of rotatable bonds is 8. The summed E-state index contributed by atoms with van der Waals surface area (Å²) in [6, 6.07) is 80.8. The fourth-order valence-corrected chi connectivity index (χ4v) is 8.97. The Bertz CT molecular complexity index is 3280. The number of hydrogen-bond donors (Lipinski definition) is 0. The Labute approximate surface area is 343 Å². The lowest BCUT2D eigenvalue weighted by Crippen LogP contribution is -2.13. The van der Waals surface area contributed by atoms with Gasteiger partial charge in [0.25, 0.3) is 0 Å². The maximum atomic E-state index is 2.39. The molecule has 4 nitrogen and oxygen atoms in total. The first-order valence-corrected chi connectivity index (χ1v) is 20.2. The van der Waals surface area contributed by atoms with Gasteiger partial charge in [-0.05, 0) is 128 Å². The van der Waals surface area contributed by atoms with Gasteiger partial charge in [0.15, 0.2) is 0 Å². The fourth-order valence-electron chi connectivity index (χ4n) is 8.97. The Morgan fingerprint density at radius 2 is 0.661 bits per heavy atom. The lowest BCUT2D eigenvalue weighted by molar-refractivity contribution is 1.18. The lowest BCUT2D eigenvalue weighted by Gasteiger charge is -2.30. The summed E-state index contributed by atoms with van der Waals surface area (Å²) in [5, 5.41) is 4.90. The summed E-state index contributed by atoms with van der Waals surface area (Å²) in [6.07, 6.45) is 0. The van der Waals surface area contributed by atoms with Gasteiger partial charge in [0.05, 0.1) is 22.1 Å². The topological polar surface area (TPSA) is 16.3 Å². The van der Waals surface area contributed by atoms with Gasteiger partial charge in [-0.2, -0.15) is 0 Å². The Morgan fingerprint density at radius 1 is 0.288 bits per heavy atom. The van der Waals surface area contributed by atoms with Crippen LogP contribution in [0.25, 0.3) is 55.0 Å². The molecule has 0 saturated heterocycles. The number of benzene rings is 9. The van der Waals surface area contributed by atoms with E-state index in [0.29, 0.717) is 0 Å². The number of aryl methyl sites for hydroxylation is 1. The van der Waals surface area contributed by atoms with Gasteiger partial charge in [0.2, 0.25) is 0 Å². The lowest BCUT2D eigenvalue weighted by atomic mass is 10.1. The minimum absolute atomic E-state index is 1.10. The van der Waals surface area contributed by atoms with E-state index in [0.717, 1.165) is 45.5 Å². The van der Waals surface area contributed by atoms with Gasteiger partial charge < -0.3 is 18.9 Å². The molecule has 0 atom stereocenters. The van der Waals surface area contributed by atoms with Gasteiger partial charge in [0.1, 0.15) is 0 Å². The van der Waals surface area contributed by atoms with Crippen molar-refractivity contribution in [3.05, 3.63) is 230 Å². The fraction of sp³-hybridized carbons (Fsp3) is 0.0182. The zero-order valence-corrected chi connectivity index (χ0v) is 32.7. The highest BCUT2D eigenvalue weighted by molar-refractivity contribution is 6.12. The first-order valence-electron chi connectivity index (χ1n) is 20.2. The van der Waals surface area contributed by atoms with Crippen LogP contribution in [-0.2, 0) is 0 Å². The monoisotopic (exact) mass is 756 g/mol. The third-order valence-electron chi connectivity index (χ3n) is 11.6. The number of anilines is 6. The molecule has 0 radical (unpaired) electrons. The Kier molecular flexibility index (Phi) is 8.34. The second kappa shape index (κ2) is 14.3. The van der Waals surface area contributed by atoms with Crippen molar-refractivity contribution in [2.24, 2.45) is 0 Å². The van der Waals surface area contributed by atoms with Crippen LogP contribution in [-0.4, -0.2) is 9.13 Å². The van der Waals surface area contributed by atoms with E-state index in [-0.39, 0.29) is 0 Å². The number of aromatic nitrogens is 2. The molecule has 11 rings (SSSR count). The predicted octanol–water partition coefficient (Wildman–Crippen LogP) is 15.1. The van der Waals surface area contributed by atoms with Gasteiger partial charge >= 0.3 is 0 Å². The van der Waals surface area contributed by atoms with Crippen LogP contribution < -0.4 is 9.80 Å². The molecule has 0 aliphatic carbocycles. The largest absolute Gasteiger partial charge is 0.310 e. The van der Waals surface area contributed by atoms with Crippen molar-refractivity contribution in [3.63, 3.8) is 0 Å². The summed E-state index contributed by atoms with van der Waals surface area (Å²) in [4.78, 5) is 4.77. The van der Waals surface area contributed by atoms with E-state index in [1.807, 2.05) is 0 Å². The molecule has 4 heteroatoms. The van der Waals surface area contributed by atoms with Gasteiger partial charge in [-0.3, -0.25) is 0 Å². The van der Waals surface area contributed by atoms with E-state index in [9.17, 15) is 0 Å². The van der Waals surface area contributed by atoms with Gasteiger partial charge in [-0.1, -0.05) is 109 Å². The second-order valence-electron chi connectivity index (χ2n) is 15.1. The molecule has 0 saturated carbocycles. The maximum absolute atomic E-state index is 2.39. The van der Waals surface area contributed by atoms with Crippen LogP contribution in [0.3, 0.4) is 0 Å². The van der Waals surface area contributed by atoms with Crippen molar-refractivity contribution >= 4 is 77.7 Å². The van der Waals surface area contributed by atoms with E-state index >= 15 is 0 Å². The van der Waals surface area contributed by atoms with Gasteiger partial charge in [0, 0.05) is 67.0 Å². The Balaban J connectivity index is 1.06. The average molecular weight is 757 g/mol.